The highest BCUT2D eigenvalue weighted by Gasteiger charge is 2.12. The number of nitrogens with zero attached hydrogens (tertiary/aromatic N) is 1. The summed E-state index contributed by atoms with van der Waals surface area (Å²) in [6.07, 6.45) is 0. The number of thiazole rings is 1. The predicted molar refractivity (Wildman–Crippen MR) is 59.2 cm³/mol. The van der Waals surface area contributed by atoms with E-state index in [0.29, 0.717) is 10.6 Å². The average Bonchev–Trinajstić information content (AvgIpc) is 2.66. The van der Waals surface area contributed by atoms with E-state index in [2.05, 4.69) is 4.98 Å². The molecule has 0 aliphatic heterocycles. The van der Waals surface area contributed by atoms with Gasteiger partial charge in [-0.15, -0.1) is 11.3 Å². The van der Waals surface area contributed by atoms with Crippen LogP contribution in [0.5, 0.6) is 0 Å². The van der Waals surface area contributed by atoms with Gasteiger partial charge >= 0.3 is 5.97 Å². The summed E-state index contributed by atoms with van der Waals surface area (Å²) in [5, 5.41) is 10.5. The summed E-state index contributed by atoms with van der Waals surface area (Å²) in [4.78, 5) is 14.5. The molecule has 0 bridgehead atoms. The van der Waals surface area contributed by atoms with Crippen LogP contribution in [0.4, 0.5) is 4.39 Å². The number of carboxylic acid groups (broad SMARTS) is 1. The fourth-order valence-electron chi connectivity index (χ4n) is 1.29. The normalized spacial score (nSPS) is 10.4. The molecule has 16 heavy (non-hydrogen) atoms. The Morgan fingerprint density at radius 2 is 2.25 bits per heavy atom. The molecule has 3 nitrogen and oxygen atoms in total. The Labute approximate surface area is 95.2 Å². The number of carbonyl (C=O) groups is 1. The largest absolute Gasteiger partial charge is 0.476 e. The molecular formula is C11H8FNO2S. The van der Waals surface area contributed by atoms with E-state index >= 15 is 0 Å². The molecule has 2 aromatic rings. The molecule has 0 amide bonds. The minimum absolute atomic E-state index is 0.0556. The number of carboxylic acids is 1. The Bertz CT molecular complexity index is 551. The lowest BCUT2D eigenvalue weighted by Crippen LogP contribution is -1.96. The van der Waals surface area contributed by atoms with Gasteiger partial charge in [-0.05, 0) is 24.6 Å². The monoisotopic (exact) mass is 237 g/mol. The molecule has 5 heteroatoms. The molecule has 0 aliphatic rings. The highest BCUT2D eigenvalue weighted by molar-refractivity contribution is 7.13. The summed E-state index contributed by atoms with van der Waals surface area (Å²) in [7, 11) is 0. The highest BCUT2D eigenvalue weighted by atomic mass is 32.1. The Hall–Kier alpha value is -1.75. The lowest BCUT2D eigenvalue weighted by Gasteiger charge is -1.99. The van der Waals surface area contributed by atoms with Crippen LogP contribution in [0, 0.1) is 12.7 Å². The average molecular weight is 237 g/mol. The summed E-state index contributed by atoms with van der Waals surface area (Å²) in [5.74, 6) is -1.48. The number of aromatic nitrogens is 1. The molecule has 0 saturated heterocycles. The van der Waals surface area contributed by atoms with Gasteiger partial charge in [-0.25, -0.2) is 14.2 Å². The van der Waals surface area contributed by atoms with Crippen molar-refractivity contribution in [3.63, 3.8) is 0 Å². The van der Waals surface area contributed by atoms with Gasteiger partial charge in [0.05, 0.1) is 0 Å². The van der Waals surface area contributed by atoms with Gasteiger partial charge in [0.2, 0.25) is 0 Å². The van der Waals surface area contributed by atoms with Crippen molar-refractivity contribution in [3.8, 4) is 10.6 Å². The third-order valence-corrected chi connectivity index (χ3v) is 2.95. The van der Waals surface area contributed by atoms with E-state index in [1.165, 1.54) is 11.4 Å². The zero-order valence-corrected chi connectivity index (χ0v) is 9.21. The molecule has 0 aliphatic carbocycles. The molecular weight excluding hydrogens is 229 g/mol. The second-order valence-corrected chi connectivity index (χ2v) is 4.18. The number of halogens is 1. The standard InChI is InChI=1S/C11H8FNO2S/c1-6-2-3-7(8(12)4-6)10-13-9(5-16-10)11(14)15/h2-5H,1H3,(H,14,15). The zero-order valence-electron chi connectivity index (χ0n) is 8.40. The summed E-state index contributed by atoms with van der Waals surface area (Å²) in [6.45, 7) is 1.79. The highest BCUT2D eigenvalue weighted by Crippen LogP contribution is 2.26. The van der Waals surface area contributed by atoms with Crippen LogP contribution in [0.15, 0.2) is 23.6 Å². The van der Waals surface area contributed by atoms with Gasteiger partial charge in [-0.1, -0.05) is 6.07 Å². The van der Waals surface area contributed by atoms with E-state index in [0.717, 1.165) is 16.9 Å². The SMILES string of the molecule is Cc1ccc(-c2nc(C(=O)O)cs2)c(F)c1. The zero-order chi connectivity index (χ0) is 11.7. The molecule has 82 valence electrons. The fourth-order valence-corrected chi connectivity index (χ4v) is 2.11. The molecule has 0 unspecified atom stereocenters. The number of hydrogen-bond donors (Lipinski definition) is 1. The van der Waals surface area contributed by atoms with Crippen molar-refractivity contribution in [2.75, 3.05) is 0 Å². The van der Waals surface area contributed by atoms with Gasteiger partial charge in [0, 0.05) is 10.9 Å². The minimum Gasteiger partial charge on any atom is -0.476 e. The summed E-state index contributed by atoms with van der Waals surface area (Å²) < 4.78 is 13.6. The van der Waals surface area contributed by atoms with Gasteiger partial charge in [0.1, 0.15) is 10.8 Å². The Balaban J connectivity index is 2.46. The van der Waals surface area contributed by atoms with Crippen molar-refractivity contribution in [3.05, 3.63) is 40.7 Å². The third-order valence-electron chi connectivity index (χ3n) is 2.08. The van der Waals surface area contributed by atoms with E-state index < -0.39 is 5.97 Å². The quantitative estimate of drug-likeness (QED) is 0.873. The summed E-state index contributed by atoms with van der Waals surface area (Å²) in [6, 6.07) is 4.77. The first-order chi connectivity index (χ1) is 7.58. The number of benzene rings is 1. The van der Waals surface area contributed by atoms with E-state index in [4.69, 9.17) is 5.11 Å². The fraction of sp³-hybridized carbons (Fsp3) is 0.0909. The molecule has 1 aromatic carbocycles. The van der Waals surface area contributed by atoms with E-state index in [1.54, 1.807) is 19.1 Å². The third kappa shape index (κ3) is 1.94. The van der Waals surface area contributed by atoms with Crippen molar-refractivity contribution in [2.45, 2.75) is 6.92 Å². The van der Waals surface area contributed by atoms with Crippen molar-refractivity contribution >= 4 is 17.3 Å². The Morgan fingerprint density at radius 1 is 1.50 bits per heavy atom. The number of hydrogen-bond acceptors (Lipinski definition) is 3. The Kier molecular flexibility index (Phi) is 2.70. The van der Waals surface area contributed by atoms with Crippen LogP contribution in [0.2, 0.25) is 0 Å². The van der Waals surface area contributed by atoms with E-state index in [-0.39, 0.29) is 11.5 Å². The molecule has 2 rings (SSSR count). The molecule has 0 atom stereocenters. The summed E-state index contributed by atoms with van der Waals surface area (Å²) in [5.41, 5.74) is 1.10. The maximum absolute atomic E-state index is 13.6. The lowest BCUT2D eigenvalue weighted by atomic mass is 10.1. The van der Waals surface area contributed by atoms with Crippen LogP contribution in [-0.4, -0.2) is 16.1 Å². The first kappa shape index (κ1) is 10.8. The van der Waals surface area contributed by atoms with Crippen molar-refractivity contribution in [2.24, 2.45) is 0 Å². The predicted octanol–water partition coefficient (Wildman–Crippen LogP) is 2.96. The lowest BCUT2D eigenvalue weighted by molar-refractivity contribution is 0.0691. The second kappa shape index (κ2) is 4.02. The van der Waals surface area contributed by atoms with Crippen LogP contribution in [-0.2, 0) is 0 Å². The molecule has 1 aromatic heterocycles. The van der Waals surface area contributed by atoms with Crippen molar-refractivity contribution in [1.82, 2.24) is 4.98 Å². The van der Waals surface area contributed by atoms with Crippen LogP contribution < -0.4 is 0 Å². The van der Waals surface area contributed by atoms with Crippen molar-refractivity contribution < 1.29 is 14.3 Å². The minimum atomic E-state index is -1.10. The number of aryl methyl sites for hydroxylation is 1. The van der Waals surface area contributed by atoms with E-state index in [9.17, 15) is 9.18 Å². The molecule has 0 spiro atoms. The smallest absolute Gasteiger partial charge is 0.355 e. The van der Waals surface area contributed by atoms with Gasteiger partial charge in [0.15, 0.2) is 5.69 Å². The molecule has 1 N–H and O–H groups in total. The molecule has 0 radical (unpaired) electrons. The van der Waals surface area contributed by atoms with Gasteiger partial charge in [-0.3, -0.25) is 0 Å². The topological polar surface area (TPSA) is 50.2 Å². The van der Waals surface area contributed by atoms with Crippen LogP contribution in [0.3, 0.4) is 0 Å². The second-order valence-electron chi connectivity index (χ2n) is 3.33. The first-order valence-corrected chi connectivity index (χ1v) is 5.41. The van der Waals surface area contributed by atoms with E-state index in [1.807, 2.05) is 0 Å². The molecule has 0 fully saturated rings. The number of rotatable bonds is 2. The maximum Gasteiger partial charge on any atom is 0.355 e. The molecule has 1 heterocycles. The number of aromatic carboxylic acids is 1. The van der Waals surface area contributed by atoms with Crippen molar-refractivity contribution in [1.29, 1.82) is 0 Å². The van der Waals surface area contributed by atoms with Crippen LogP contribution in [0.25, 0.3) is 10.6 Å². The van der Waals surface area contributed by atoms with Gasteiger partial charge in [-0.2, -0.15) is 0 Å². The first-order valence-electron chi connectivity index (χ1n) is 4.53. The van der Waals surface area contributed by atoms with Crippen LogP contribution >= 0.6 is 11.3 Å². The maximum atomic E-state index is 13.6. The summed E-state index contributed by atoms with van der Waals surface area (Å²) >= 11 is 1.12. The van der Waals surface area contributed by atoms with Crippen LogP contribution in [0.1, 0.15) is 16.1 Å². The van der Waals surface area contributed by atoms with Gasteiger partial charge < -0.3 is 5.11 Å². The Morgan fingerprint density at radius 3 is 2.81 bits per heavy atom. The molecule has 0 saturated carbocycles. The van der Waals surface area contributed by atoms with Gasteiger partial charge in [0.25, 0.3) is 0 Å².